The number of rotatable bonds is 8. The van der Waals surface area contributed by atoms with Gasteiger partial charge in [-0.2, -0.15) is 5.10 Å². The van der Waals surface area contributed by atoms with E-state index in [1.165, 1.54) is 24.2 Å². The molecule has 3 rings (SSSR count). The number of halogens is 2. The Morgan fingerprint density at radius 2 is 2.07 bits per heavy atom. The van der Waals surface area contributed by atoms with Crippen LogP contribution in [-0.2, 0) is 17.9 Å². The lowest BCUT2D eigenvalue weighted by Gasteiger charge is -2.04. The second kappa shape index (κ2) is 8.93. The topological polar surface area (TPSA) is 117 Å². The van der Waals surface area contributed by atoms with Gasteiger partial charge in [0.05, 0.1) is 47.1 Å². The highest BCUT2D eigenvalue weighted by molar-refractivity contribution is 6.42. The molecule has 1 amide bonds. The van der Waals surface area contributed by atoms with Crippen molar-refractivity contribution >= 4 is 40.5 Å². The average Bonchev–Trinajstić information content (AvgIpc) is 3.29. The molecule has 2 heterocycles. The monoisotopic (exact) mass is 438 g/mol. The normalized spacial score (nSPS) is 10.7. The summed E-state index contributed by atoms with van der Waals surface area (Å²) in [4.78, 5) is 22.5. The largest absolute Gasteiger partial charge is 0.475 e. The highest BCUT2D eigenvalue weighted by atomic mass is 35.5. The van der Waals surface area contributed by atoms with Crippen LogP contribution in [0.4, 0.5) is 11.4 Å². The number of aryl methyl sites for hydroxylation is 1. The van der Waals surface area contributed by atoms with Gasteiger partial charge in [-0.15, -0.1) is 5.10 Å². The van der Waals surface area contributed by atoms with Crippen molar-refractivity contribution in [3.8, 4) is 5.88 Å². The van der Waals surface area contributed by atoms with Crippen LogP contribution in [0.25, 0.3) is 0 Å². The van der Waals surface area contributed by atoms with Crippen LogP contribution >= 0.6 is 23.2 Å². The number of anilines is 1. The Morgan fingerprint density at radius 1 is 1.28 bits per heavy atom. The SMILES string of the molecule is COc1nn(CCC(=O)Nc2cnn(Cc3ccc(Cl)c(Cl)c3)c2)cc1[N+](=O)[O-]. The number of nitrogens with zero attached hydrogens (tertiary/aromatic N) is 5. The summed E-state index contributed by atoms with van der Waals surface area (Å²) in [6.07, 6.45) is 4.50. The van der Waals surface area contributed by atoms with Crippen molar-refractivity contribution in [2.45, 2.75) is 19.5 Å². The molecule has 0 bridgehead atoms. The number of carbonyl (C=O) groups excluding carboxylic acids is 1. The van der Waals surface area contributed by atoms with Crippen molar-refractivity contribution in [3.05, 3.63) is 62.5 Å². The van der Waals surface area contributed by atoms with Gasteiger partial charge in [-0.05, 0) is 17.7 Å². The summed E-state index contributed by atoms with van der Waals surface area (Å²) in [6, 6.07) is 5.30. The third kappa shape index (κ3) is 5.24. The Labute approximate surface area is 175 Å². The Hall–Kier alpha value is -3.11. The molecule has 12 heteroatoms. The third-order valence-electron chi connectivity index (χ3n) is 3.91. The fourth-order valence-electron chi connectivity index (χ4n) is 2.56. The predicted octanol–water partition coefficient (Wildman–Crippen LogP) is 3.38. The van der Waals surface area contributed by atoms with Crippen LogP contribution < -0.4 is 10.1 Å². The first-order valence-electron chi connectivity index (χ1n) is 8.38. The zero-order chi connectivity index (χ0) is 21.0. The molecule has 0 spiro atoms. The maximum Gasteiger partial charge on any atom is 0.350 e. The third-order valence-corrected chi connectivity index (χ3v) is 4.65. The Kier molecular flexibility index (Phi) is 6.35. The van der Waals surface area contributed by atoms with Crippen LogP contribution in [0.2, 0.25) is 10.0 Å². The molecule has 0 aliphatic rings. The predicted molar refractivity (Wildman–Crippen MR) is 106 cm³/mol. The summed E-state index contributed by atoms with van der Waals surface area (Å²) in [5.74, 6) is -0.379. The summed E-state index contributed by atoms with van der Waals surface area (Å²) in [6.45, 7) is 0.622. The van der Waals surface area contributed by atoms with Crippen molar-refractivity contribution in [2.75, 3.05) is 12.4 Å². The molecular weight excluding hydrogens is 423 g/mol. The second-order valence-corrected chi connectivity index (χ2v) is 6.83. The van der Waals surface area contributed by atoms with Gasteiger partial charge in [-0.1, -0.05) is 29.3 Å². The smallest absolute Gasteiger partial charge is 0.350 e. The minimum absolute atomic E-state index is 0.0694. The molecule has 29 heavy (non-hydrogen) atoms. The molecule has 0 saturated carbocycles. The minimum Gasteiger partial charge on any atom is -0.475 e. The van der Waals surface area contributed by atoms with E-state index in [9.17, 15) is 14.9 Å². The molecule has 0 saturated heterocycles. The molecule has 0 atom stereocenters. The van der Waals surface area contributed by atoms with Gasteiger partial charge in [0.25, 0.3) is 0 Å². The first-order valence-corrected chi connectivity index (χ1v) is 9.13. The van der Waals surface area contributed by atoms with Gasteiger partial charge in [-0.3, -0.25) is 24.3 Å². The lowest BCUT2D eigenvalue weighted by molar-refractivity contribution is -0.385. The molecule has 0 aliphatic carbocycles. The molecule has 3 aromatic rings. The number of carbonyl (C=O) groups is 1. The molecule has 2 aromatic heterocycles. The maximum absolute atomic E-state index is 12.1. The zero-order valence-electron chi connectivity index (χ0n) is 15.2. The number of aromatic nitrogens is 4. The quantitative estimate of drug-likeness (QED) is 0.425. The van der Waals surface area contributed by atoms with Crippen LogP contribution in [-0.4, -0.2) is 37.5 Å². The number of nitrogens with one attached hydrogen (secondary N) is 1. The van der Waals surface area contributed by atoms with Crippen molar-refractivity contribution in [3.63, 3.8) is 0 Å². The van der Waals surface area contributed by atoms with E-state index in [-0.39, 0.29) is 30.4 Å². The van der Waals surface area contributed by atoms with Gasteiger partial charge in [0.15, 0.2) is 0 Å². The Bertz CT molecular complexity index is 1050. The molecule has 1 N–H and O–H groups in total. The molecule has 0 fully saturated rings. The van der Waals surface area contributed by atoms with E-state index in [4.69, 9.17) is 27.9 Å². The molecule has 0 aliphatic heterocycles. The van der Waals surface area contributed by atoms with Crippen molar-refractivity contribution in [1.82, 2.24) is 19.6 Å². The van der Waals surface area contributed by atoms with E-state index in [0.717, 1.165) is 5.56 Å². The molecule has 152 valence electrons. The van der Waals surface area contributed by atoms with E-state index in [1.807, 2.05) is 6.07 Å². The number of amides is 1. The van der Waals surface area contributed by atoms with Crippen LogP contribution in [0.1, 0.15) is 12.0 Å². The van der Waals surface area contributed by atoms with Crippen LogP contribution in [0.5, 0.6) is 5.88 Å². The van der Waals surface area contributed by atoms with Crippen LogP contribution in [0.15, 0.2) is 36.8 Å². The Balaban J connectivity index is 1.55. The highest BCUT2D eigenvalue weighted by Gasteiger charge is 2.20. The maximum atomic E-state index is 12.1. The van der Waals surface area contributed by atoms with Crippen LogP contribution in [0.3, 0.4) is 0 Å². The fourth-order valence-corrected chi connectivity index (χ4v) is 2.88. The average molecular weight is 439 g/mol. The van der Waals surface area contributed by atoms with Gasteiger partial charge in [-0.25, -0.2) is 0 Å². The van der Waals surface area contributed by atoms with Gasteiger partial charge >= 0.3 is 11.6 Å². The van der Waals surface area contributed by atoms with Gasteiger partial charge in [0.1, 0.15) is 6.20 Å². The summed E-state index contributed by atoms with van der Waals surface area (Å²) in [7, 11) is 1.29. The lowest BCUT2D eigenvalue weighted by atomic mass is 10.2. The second-order valence-electron chi connectivity index (χ2n) is 6.02. The summed E-state index contributed by atoms with van der Waals surface area (Å²) in [5.41, 5.74) is 1.19. The molecule has 10 nitrogen and oxygen atoms in total. The van der Waals surface area contributed by atoms with Gasteiger partial charge in [0.2, 0.25) is 5.91 Å². The molecule has 1 aromatic carbocycles. The molecule has 0 unspecified atom stereocenters. The summed E-state index contributed by atoms with van der Waals surface area (Å²) < 4.78 is 7.80. The number of benzene rings is 1. The summed E-state index contributed by atoms with van der Waals surface area (Å²) in [5, 5.41) is 22.7. The number of methoxy groups -OCH3 is 1. The van der Waals surface area contributed by atoms with Crippen molar-refractivity contribution in [1.29, 1.82) is 0 Å². The fraction of sp³-hybridized carbons (Fsp3) is 0.235. The van der Waals surface area contributed by atoms with Crippen molar-refractivity contribution in [2.24, 2.45) is 0 Å². The zero-order valence-corrected chi connectivity index (χ0v) is 16.7. The van der Waals surface area contributed by atoms with E-state index < -0.39 is 4.92 Å². The number of hydrogen-bond donors (Lipinski definition) is 1. The van der Waals surface area contributed by atoms with Gasteiger partial charge in [0, 0.05) is 12.6 Å². The Morgan fingerprint density at radius 3 is 2.72 bits per heavy atom. The molecule has 0 radical (unpaired) electrons. The summed E-state index contributed by atoms with van der Waals surface area (Å²) >= 11 is 11.9. The van der Waals surface area contributed by atoms with E-state index in [2.05, 4.69) is 15.5 Å². The first kappa shape index (κ1) is 20.6. The van der Waals surface area contributed by atoms with E-state index in [1.54, 1.807) is 23.0 Å². The number of hydrogen-bond acceptors (Lipinski definition) is 6. The van der Waals surface area contributed by atoms with E-state index in [0.29, 0.717) is 22.3 Å². The highest BCUT2D eigenvalue weighted by Crippen LogP contribution is 2.24. The van der Waals surface area contributed by atoms with E-state index >= 15 is 0 Å². The number of ether oxygens (including phenoxy) is 1. The van der Waals surface area contributed by atoms with Crippen molar-refractivity contribution < 1.29 is 14.5 Å². The minimum atomic E-state index is -0.593. The first-order chi connectivity index (χ1) is 13.9. The van der Waals surface area contributed by atoms with Gasteiger partial charge < -0.3 is 10.1 Å². The number of nitro groups is 1. The van der Waals surface area contributed by atoms with Crippen LogP contribution in [0, 0.1) is 10.1 Å². The standard InChI is InChI=1S/C17H16Cl2N6O4/c1-29-17-15(25(27)28)10-23(22-17)5-4-16(26)21-12-7-20-24(9-12)8-11-2-3-13(18)14(19)6-11/h2-3,6-7,9-10H,4-5,8H2,1H3,(H,21,26). The molecular formula is C17H16Cl2N6O4. The lowest BCUT2D eigenvalue weighted by Crippen LogP contribution is -2.14.